The molecule has 1 aromatic heterocycles. The highest BCUT2D eigenvalue weighted by Gasteiger charge is 2.10. The van der Waals surface area contributed by atoms with Crippen LogP contribution in [0.3, 0.4) is 0 Å². The molecule has 1 heterocycles. The molecule has 1 amide bonds. The number of carbonyl (C=O) groups excluding carboxylic acids is 1. The molecule has 5 heteroatoms. The fourth-order valence-corrected chi connectivity index (χ4v) is 2.05. The zero-order valence-electron chi connectivity index (χ0n) is 12.5. The zero-order valence-corrected chi connectivity index (χ0v) is 12.5. The van der Waals surface area contributed by atoms with Crippen molar-refractivity contribution in [3.63, 3.8) is 0 Å². The number of rotatable bonds is 7. The summed E-state index contributed by atoms with van der Waals surface area (Å²) in [6.07, 6.45) is 4.00. The van der Waals surface area contributed by atoms with E-state index in [-0.39, 0.29) is 11.9 Å². The van der Waals surface area contributed by atoms with E-state index in [0.29, 0.717) is 19.6 Å². The second-order valence-corrected chi connectivity index (χ2v) is 4.89. The van der Waals surface area contributed by atoms with Crippen LogP contribution < -0.4 is 10.1 Å². The Morgan fingerprint density at radius 1 is 1.38 bits per heavy atom. The van der Waals surface area contributed by atoms with Gasteiger partial charge in [-0.15, -0.1) is 0 Å². The van der Waals surface area contributed by atoms with Gasteiger partial charge in [0.1, 0.15) is 5.75 Å². The van der Waals surface area contributed by atoms with Crippen molar-refractivity contribution in [1.82, 2.24) is 15.1 Å². The standard InChI is InChI=1S/C16H21N3O2/c1-3-21-15-7-5-14(6-8-15)12-17-16(20)11-13(2)19-10-4-9-18-19/h4-10,13H,3,11-12H2,1-2H3,(H,17,20)/t13-/m1/s1. The molecular formula is C16H21N3O2. The molecule has 0 bridgehead atoms. The van der Waals surface area contributed by atoms with Crippen LogP contribution in [0.1, 0.15) is 31.9 Å². The van der Waals surface area contributed by atoms with Gasteiger partial charge < -0.3 is 10.1 Å². The lowest BCUT2D eigenvalue weighted by Crippen LogP contribution is -2.25. The molecule has 0 saturated heterocycles. The molecule has 2 rings (SSSR count). The van der Waals surface area contributed by atoms with Gasteiger partial charge in [-0.05, 0) is 37.6 Å². The average Bonchev–Trinajstić information content (AvgIpc) is 3.01. The van der Waals surface area contributed by atoms with Gasteiger partial charge in [0.2, 0.25) is 5.91 Å². The summed E-state index contributed by atoms with van der Waals surface area (Å²) in [4.78, 5) is 11.9. The molecule has 1 N–H and O–H groups in total. The average molecular weight is 287 g/mol. The second-order valence-electron chi connectivity index (χ2n) is 4.89. The molecule has 0 radical (unpaired) electrons. The molecule has 1 atom stereocenters. The fourth-order valence-electron chi connectivity index (χ4n) is 2.05. The lowest BCUT2D eigenvalue weighted by Gasteiger charge is -2.12. The van der Waals surface area contributed by atoms with Gasteiger partial charge in [-0.3, -0.25) is 9.48 Å². The molecular weight excluding hydrogens is 266 g/mol. The summed E-state index contributed by atoms with van der Waals surface area (Å²) in [6, 6.07) is 9.66. The van der Waals surface area contributed by atoms with E-state index in [1.54, 1.807) is 10.9 Å². The van der Waals surface area contributed by atoms with Crippen LogP contribution in [0.2, 0.25) is 0 Å². The predicted molar refractivity (Wildman–Crippen MR) is 81.0 cm³/mol. The first-order chi connectivity index (χ1) is 10.2. The number of hydrogen-bond donors (Lipinski definition) is 1. The molecule has 1 aromatic carbocycles. The van der Waals surface area contributed by atoms with Crippen LogP contribution in [0.25, 0.3) is 0 Å². The van der Waals surface area contributed by atoms with Gasteiger partial charge in [-0.1, -0.05) is 12.1 Å². The summed E-state index contributed by atoms with van der Waals surface area (Å²) in [7, 11) is 0. The Morgan fingerprint density at radius 3 is 2.76 bits per heavy atom. The molecule has 0 saturated carbocycles. The van der Waals surface area contributed by atoms with Crippen molar-refractivity contribution in [3.8, 4) is 5.75 Å². The van der Waals surface area contributed by atoms with Gasteiger partial charge in [0.05, 0.1) is 12.6 Å². The molecule has 0 aliphatic carbocycles. The lowest BCUT2D eigenvalue weighted by atomic mass is 10.2. The first-order valence-electron chi connectivity index (χ1n) is 7.16. The molecule has 5 nitrogen and oxygen atoms in total. The van der Waals surface area contributed by atoms with Crippen LogP contribution >= 0.6 is 0 Å². The Kier molecular flexibility index (Phi) is 5.37. The summed E-state index contributed by atoms with van der Waals surface area (Å²) in [5.41, 5.74) is 1.05. The molecule has 0 aliphatic rings. The van der Waals surface area contributed by atoms with Crippen LogP contribution in [0.4, 0.5) is 0 Å². The monoisotopic (exact) mass is 287 g/mol. The van der Waals surface area contributed by atoms with E-state index in [9.17, 15) is 4.79 Å². The molecule has 0 unspecified atom stereocenters. The van der Waals surface area contributed by atoms with Crippen LogP contribution in [0.15, 0.2) is 42.7 Å². The summed E-state index contributed by atoms with van der Waals surface area (Å²) >= 11 is 0. The van der Waals surface area contributed by atoms with E-state index >= 15 is 0 Å². The van der Waals surface area contributed by atoms with E-state index in [4.69, 9.17) is 4.74 Å². The van der Waals surface area contributed by atoms with E-state index in [0.717, 1.165) is 11.3 Å². The van der Waals surface area contributed by atoms with Gasteiger partial charge in [0.15, 0.2) is 0 Å². The Labute approximate surface area is 124 Å². The minimum absolute atomic E-state index is 0.0203. The van der Waals surface area contributed by atoms with Crippen molar-refractivity contribution in [2.75, 3.05) is 6.61 Å². The van der Waals surface area contributed by atoms with Gasteiger partial charge in [-0.25, -0.2) is 0 Å². The number of benzene rings is 1. The minimum Gasteiger partial charge on any atom is -0.494 e. The predicted octanol–water partition coefficient (Wildman–Crippen LogP) is 2.55. The number of ether oxygens (including phenoxy) is 1. The smallest absolute Gasteiger partial charge is 0.222 e. The van der Waals surface area contributed by atoms with E-state index in [1.165, 1.54) is 0 Å². The maximum atomic E-state index is 11.9. The zero-order chi connectivity index (χ0) is 15.1. The Balaban J connectivity index is 1.78. The Morgan fingerprint density at radius 2 is 2.14 bits per heavy atom. The van der Waals surface area contributed by atoms with Crippen molar-refractivity contribution < 1.29 is 9.53 Å². The lowest BCUT2D eigenvalue weighted by molar-refractivity contribution is -0.122. The highest BCUT2D eigenvalue weighted by molar-refractivity contribution is 5.76. The summed E-state index contributed by atoms with van der Waals surface area (Å²) < 4.78 is 7.17. The highest BCUT2D eigenvalue weighted by atomic mass is 16.5. The van der Waals surface area contributed by atoms with E-state index in [1.807, 2.05) is 50.4 Å². The number of carbonyl (C=O) groups is 1. The van der Waals surface area contributed by atoms with Crippen molar-refractivity contribution in [3.05, 3.63) is 48.3 Å². The van der Waals surface area contributed by atoms with Gasteiger partial charge >= 0.3 is 0 Å². The Hall–Kier alpha value is -2.30. The summed E-state index contributed by atoms with van der Waals surface area (Å²) in [6.45, 7) is 5.11. The minimum atomic E-state index is 0.0203. The summed E-state index contributed by atoms with van der Waals surface area (Å²) in [5.74, 6) is 0.867. The molecule has 0 fully saturated rings. The maximum absolute atomic E-state index is 11.9. The molecule has 2 aromatic rings. The van der Waals surface area contributed by atoms with Gasteiger partial charge in [-0.2, -0.15) is 5.10 Å². The maximum Gasteiger partial charge on any atom is 0.222 e. The van der Waals surface area contributed by atoms with Gasteiger partial charge in [0, 0.05) is 25.4 Å². The van der Waals surface area contributed by atoms with Crippen LogP contribution in [-0.4, -0.2) is 22.3 Å². The van der Waals surface area contributed by atoms with Crippen LogP contribution in [0.5, 0.6) is 5.75 Å². The van der Waals surface area contributed by atoms with E-state index < -0.39 is 0 Å². The quantitative estimate of drug-likeness (QED) is 0.851. The van der Waals surface area contributed by atoms with Crippen LogP contribution in [-0.2, 0) is 11.3 Å². The fraction of sp³-hybridized carbons (Fsp3) is 0.375. The van der Waals surface area contributed by atoms with Crippen LogP contribution in [0, 0.1) is 0 Å². The topological polar surface area (TPSA) is 56.1 Å². The third kappa shape index (κ3) is 4.63. The van der Waals surface area contributed by atoms with Crippen molar-refractivity contribution >= 4 is 5.91 Å². The summed E-state index contributed by atoms with van der Waals surface area (Å²) in [5, 5.41) is 7.06. The molecule has 0 aliphatic heterocycles. The third-order valence-corrected chi connectivity index (χ3v) is 3.18. The van der Waals surface area contributed by atoms with Gasteiger partial charge in [0.25, 0.3) is 0 Å². The van der Waals surface area contributed by atoms with Crippen molar-refractivity contribution in [1.29, 1.82) is 0 Å². The van der Waals surface area contributed by atoms with Crippen molar-refractivity contribution in [2.24, 2.45) is 0 Å². The molecule has 112 valence electrons. The number of aromatic nitrogens is 2. The molecule has 0 spiro atoms. The number of amides is 1. The largest absolute Gasteiger partial charge is 0.494 e. The number of hydrogen-bond acceptors (Lipinski definition) is 3. The second kappa shape index (κ2) is 7.47. The SMILES string of the molecule is CCOc1ccc(CNC(=O)C[C@@H](C)n2cccn2)cc1. The number of nitrogens with one attached hydrogen (secondary N) is 1. The first-order valence-corrected chi connectivity index (χ1v) is 7.16. The van der Waals surface area contributed by atoms with Crippen molar-refractivity contribution in [2.45, 2.75) is 32.9 Å². The molecule has 21 heavy (non-hydrogen) atoms. The number of nitrogens with zero attached hydrogens (tertiary/aromatic N) is 2. The van der Waals surface area contributed by atoms with E-state index in [2.05, 4.69) is 10.4 Å². The highest BCUT2D eigenvalue weighted by Crippen LogP contribution is 2.12. The normalized spacial score (nSPS) is 11.9. The third-order valence-electron chi connectivity index (χ3n) is 3.18. The first kappa shape index (κ1) is 15.1. The Bertz CT molecular complexity index is 549.